The average Bonchev–Trinajstić information content (AvgIpc) is 2.46. The highest BCUT2D eigenvalue weighted by molar-refractivity contribution is 9.10. The van der Waals surface area contributed by atoms with E-state index in [9.17, 15) is 4.79 Å². The van der Waals surface area contributed by atoms with E-state index in [4.69, 9.17) is 21.1 Å². The van der Waals surface area contributed by atoms with Gasteiger partial charge in [0, 0.05) is 21.1 Å². The quantitative estimate of drug-likeness (QED) is 0.763. The van der Waals surface area contributed by atoms with Crippen molar-refractivity contribution in [1.29, 1.82) is 0 Å². The van der Waals surface area contributed by atoms with E-state index in [2.05, 4.69) is 15.9 Å². The van der Waals surface area contributed by atoms with E-state index in [1.807, 2.05) is 6.07 Å². The number of benzene rings is 2. The van der Waals surface area contributed by atoms with Crippen LogP contribution in [0, 0.1) is 0 Å². The zero-order valence-corrected chi connectivity index (χ0v) is 13.6. The lowest BCUT2D eigenvalue weighted by Gasteiger charge is -2.26. The first-order valence-corrected chi connectivity index (χ1v) is 7.58. The number of rotatable bonds is 2. The van der Waals surface area contributed by atoms with Crippen LogP contribution >= 0.6 is 27.5 Å². The van der Waals surface area contributed by atoms with Crippen molar-refractivity contribution in [3.05, 3.63) is 57.0 Å². The van der Waals surface area contributed by atoms with Gasteiger partial charge < -0.3 is 9.47 Å². The van der Waals surface area contributed by atoms with Crippen molar-refractivity contribution in [3.63, 3.8) is 0 Å². The van der Waals surface area contributed by atoms with Gasteiger partial charge in [-0.3, -0.25) is 4.79 Å². The minimum atomic E-state index is -0.330. The molecular weight excluding hydrogens is 356 g/mol. The fourth-order valence-corrected chi connectivity index (χ4v) is 3.30. The summed E-state index contributed by atoms with van der Waals surface area (Å²) in [5.41, 5.74) is 1.50. The molecule has 2 aromatic rings. The lowest BCUT2D eigenvalue weighted by Crippen LogP contribution is -2.20. The minimum absolute atomic E-state index is 0.0609. The second kappa shape index (κ2) is 5.70. The Balaban J connectivity index is 1.99. The van der Waals surface area contributed by atoms with Crippen LogP contribution in [0.4, 0.5) is 0 Å². The summed E-state index contributed by atoms with van der Waals surface area (Å²) in [4.78, 5) is 12.3. The van der Waals surface area contributed by atoms with Gasteiger partial charge in [0.2, 0.25) is 0 Å². The molecule has 0 spiro atoms. The van der Waals surface area contributed by atoms with Gasteiger partial charge in [0.25, 0.3) is 0 Å². The van der Waals surface area contributed by atoms with E-state index < -0.39 is 0 Å². The maximum atomic E-state index is 12.3. The highest BCUT2D eigenvalue weighted by atomic mass is 79.9. The Morgan fingerprint density at radius 3 is 2.81 bits per heavy atom. The first-order chi connectivity index (χ1) is 10.1. The standard InChI is InChI=1S/C16H12BrClO3/c1-20-10-3-5-12-14(19)8-16(21-15(12)7-10)11-4-2-9(18)6-13(11)17/h2-7,16H,8H2,1H3. The van der Waals surface area contributed by atoms with Gasteiger partial charge in [-0.2, -0.15) is 0 Å². The van der Waals surface area contributed by atoms with Crippen LogP contribution in [-0.4, -0.2) is 12.9 Å². The Bertz CT molecular complexity index is 715. The summed E-state index contributed by atoms with van der Waals surface area (Å²) in [6.07, 6.45) is -0.0247. The van der Waals surface area contributed by atoms with Gasteiger partial charge in [0.05, 0.1) is 19.1 Å². The molecule has 0 saturated heterocycles. The Hall–Kier alpha value is -1.52. The SMILES string of the molecule is COc1ccc2c(c1)OC(c1ccc(Cl)cc1Br)CC2=O. The van der Waals surface area contributed by atoms with Crippen LogP contribution < -0.4 is 9.47 Å². The van der Waals surface area contributed by atoms with Crippen molar-refractivity contribution >= 4 is 33.3 Å². The normalized spacial score (nSPS) is 17.1. The lowest BCUT2D eigenvalue weighted by atomic mass is 9.96. The fourth-order valence-electron chi connectivity index (χ4n) is 2.37. The van der Waals surface area contributed by atoms with Gasteiger partial charge in [-0.05, 0) is 24.3 Å². The van der Waals surface area contributed by atoms with Crippen LogP contribution in [0.25, 0.3) is 0 Å². The van der Waals surface area contributed by atoms with Gasteiger partial charge in [-0.25, -0.2) is 0 Å². The zero-order chi connectivity index (χ0) is 15.0. The van der Waals surface area contributed by atoms with Crippen molar-refractivity contribution in [2.24, 2.45) is 0 Å². The van der Waals surface area contributed by atoms with Gasteiger partial charge in [-0.1, -0.05) is 33.6 Å². The van der Waals surface area contributed by atoms with Crippen LogP contribution in [0.15, 0.2) is 40.9 Å². The number of carbonyl (C=O) groups excluding carboxylic acids is 1. The lowest BCUT2D eigenvalue weighted by molar-refractivity contribution is 0.0849. The monoisotopic (exact) mass is 366 g/mol. The Morgan fingerprint density at radius 1 is 1.29 bits per heavy atom. The minimum Gasteiger partial charge on any atom is -0.497 e. The Kier molecular flexibility index (Phi) is 3.91. The highest BCUT2D eigenvalue weighted by Gasteiger charge is 2.29. The molecule has 0 saturated carbocycles. The van der Waals surface area contributed by atoms with Crippen LogP contribution in [0.5, 0.6) is 11.5 Å². The molecule has 0 aliphatic carbocycles. The van der Waals surface area contributed by atoms with Crippen molar-refractivity contribution in [3.8, 4) is 11.5 Å². The molecule has 0 N–H and O–H groups in total. The fraction of sp³-hybridized carbons (Fsp3) is 0.188. The van der Waals surface area contributed by atoms with Crippen LogP contribution in [0.2, 0.25) is 5.02 Å². The van der Waals surface area contributed by atoms with E-state index in [1.165, 1.54) is 0 Å². The molecule has 2 aromatic carbocycles. The van der Waals surface area contributed by atoms with Crippen molar-refractivity contribution in [2.45, 2.75) is 12.5 Å². The van der Waals surface area contributed by atoms with E-state index in [1.54, 1.807) is 37.4 Å². The summed E-state index contributed by atoms with van der Waals surface area (Å²) < 4.78 is 12.0. The predicted molar refractivity (Wildman–Crippen MR) is 84.5 cm³/mol. The Labute approximate surface area is 136 Å². The smallest absolute Gasteiger partial charge is 0.170 e. The molecule has 0 fully saturated rings. The summed E-state index contributed by atoms with van der Waals surface area (Å²) in [7, 11) is 1.58. The summed E-state index contributed by atoms with van der Waals surface area (Å²) in [6.45, 7) is 0. The number of hydrogen-bond donors (Lipinski definition) is 0. The van der Waals surface area contributed by atoms with E-state index in [-0.39, 0.29) is 11.9 Å². The first kappa shape index (κ1) is 14.4. The van der Waals surface area contributed by atoms with E-state index in [0.717, 1.165) is 10.0 Å². The number of halogens is 2. The molecule has 3 nitrogen and oxygen atoms in total. The third-order valence-electron chi connectivity index (χ3n) is 3.44. The maximum absolute atomic E-state index is 12.3. The second-order valence-corrected chi connectivity index (χ2v) is 6.05. The third-order valence-corrected chi connectivity index (χ3v) is 4.36. The van der Waals surface area contributed by atoms with Gasteiger partial charge >= 0.3 is 0 Å². The zero-order valence-electron chi connectivity index (χ0n) is 11.2. The molecule has 1 aliphatic heterocycles. The molecule has 0 amide bonds. The number of fused-ring (bicyclic) bond motifs is 1. The largest absolute Gasteiger partial charge is 0.497 e. The summed E-state index contributed by atoms with van der Waals surface area (Å²) in [6, 6.07) is 10.7. The van der Waals surface area contributed by atoms with Crippen molar-refractivity contribution in [1.82, 2.24) is 0 Å². The molecule has 1 aliphatic rings. The molecule has 0 aromatic heterocycles. The molecular formula is C16H12BrClO3. The van der Waals surface area contributed by atoms with Crippen LogP contribution in [0.1, 0.15) is 28.4 Å². The third kappa shape index (κ3) is 2.78. The number of methoxy groups -OCH3 is 1. The average molecular weight is 368 g/mol. The molecule has 0 bridgehead atoms. The van der Waals surface area contributed by atoms with E-state index in [0.29, 0.717) is 28.5 Å². The summed E-state index contributed by atoms with van der Waals surface area (Å²) >= 11 is 9.42. The predicted octanol–water partition coefficient (Wildman–Crippen LogP) is 4.82. The highest BCUT2D eigenvalue weighted by Crippen LogP contribution is 2.39. The number of ketones is 1. The molecule has 5 heteroatoms. The second-order valence-electron chi connectivity index (χ2n) is 4.76. The molecule has 108 valence electrons. The number of hydrogen-bond acceptors (Lipinski definition) is 3. The topological polar surface area (TPSA) is 35.5 Å². The molecule has 21 heavy (non-hydrogen) atoms. The molecule has 1 heterocycles. The van der Waals surface area contributed by atoms with Crippen LogP contribution in [-0.2, 0) is 0 Å². The number of ether oxygens (including phenoxy) is 2. The molecule has 0 radical (unpaired) electrons. The molecule has 3 rings (SSSR count). The van der Waals surface area contributed by atoms with Crippen molar-refractivity contribution in [2.75, 3.05) is 7.11 Å². The Morgan fingerprint density at radius 2 is 2.10 bits per heavy atom. The number of Topliss-reactive ketones (excluding diaryl/α,β-unsaturated/α-hetero) is 1. The van der Waals surface area contributed by atoms with Gasteiger partial charge in [0.1, 0.15) is 17.6 Å². The molecule has 1 unspecified atom stereocenters. The van der Waals surface area contributed by atoms with Gasteiger partial charge in [0.15, 0.2) is 5.78 Å². The summed E-state index contributed by atoms with van der Waals surface area (Å²) in [5, 5.41) is 0.634. The first-order valence-electron chi connectivity index (χ1n) is 6.41. The van der Waals surface area contributed by atoms with E-state index >= 15 is 0 Å². The van der Waals surface area contributed by atoms with Crippen molar-refractivity contribution < 1.29 is 14.3 Å². The number of carbonyl (C=O) groups is 1. The summed E-state index contributed by atoms with van der Waals surface area (Å²) in [5.74, 6) is 1.28. The maximum Gasteiger partial charge on any atom is 0.170 e. The van der Waals surface area contributed by atoms with Gasteiger partial charge in [-0.15, -0.1) is 0 Å². The van der Waals surface area contributed by atoms with Crippen LogP contribution in [0.3, 0.4) is 0 Å². The molecule has 1 atom stereocenters.